The van der Waals surface area contributed by atoms with Crippen LogP contribution in [0.1, 0.15) is 62.5 Å². The van der Waals surface area contributed by atoms with Gasteiger partial charge in [-0.25, -0.2) is 9.37 Å². The molecule has 0 unspecified atom stereocenters. The summed E-state index contributed by atoms with van der Waals surface area (Å²) in [6.45, 7) is 5.69. The third-order valence-corrected chi connectivity index (χ3v) is 11.5. The quantitative estimate of drug-likeness (QED) is 0.430. The third-order valence-electron chi connectivity index (χ3n) is 10.4. The lowest BCUT2D eigenvalue weighted by molar-refractivity contribution is -0.223. The van der Waals surface area contributed by atoms with Gasteiger partial charge < -0.3 is 10.2 Å². The smallest absolute Gasteiger partial charge is 0.257 e. The van der Waals surface area contributed by atoms with E-state index in [0.717, 1.165) is 5.57 Å². The minimum atomic E-state index is -1.96. The number of halogens is 2. The lowest BCUT2D eigenvalue weighted by Gasteiger charge is -2.62. The van der Waals surface area contributed by atoms with Gasteiger partial charge in [0.15, 0.2) is 16.6 Å². The van der Waals surface area contributed by atoms with E-state index in [-0.39, 0.29) is 29.9 Å². The predicted octanol–water partition coefficient (Wildman–Crippen LogP) is 5.85. The molecule has 4 aliphatic rings. The van der Waals surface area contributed by atoms with Crippen molar-refractivity contribution in [3.8, 4) is 0 Å². The molecule has 6 rings (SSSR count). The highest BCUT2D eigenvalue weighted by molar-refractivity contribution is 7.14. The van der Waals surface area contributed by atoms with Gasteiger partial charge in [-0.15, -0.1) is 11.3 Å². The number of benzene rings is 1. The van der Waals surface area contributed by atoms with Crippen molar-refractivity contribution in [2.75, 3.05) is 5.32 Å². The van der Waals surface area contributed by atoms with Gasteiger partial charge in [-0.2, -0.15) is 0 Å². The second-order valence-electron chi connectivity index (χ2n) is 12.2. The van der Waals surface area contributed by atoms with E-state index in [2.05, 4.69) is 10.3 Å². The predicted molar refractivity (Wildman–Crippen MR) is 148 cm³/mol. The molecule has 1 aromatic heterocycles. The molecule has 3 fully saturated rings. The first-order valence-electron chi connectivity index (χ1n) is 13.4. The fraction of sp³-hybridized carbons (Fsp3) is 0.500. The summed E-state index contributed by atoms with van der Waals surface area (Å²) in [6.07, 6.45) is 4.96. The zero-order valence-corrected chi connectivity index (χ0v) is 23.7. The van der Waals surface area contributed by atoms with Crippen LogP contribution in [0.4, 0.5) is 9.52 Å². The maximum atomic E-state index is 17.4. The van der Waals surface area contributed by atoms with Crippen molar-refractivity contribution < 1.29 is 24.2 Å². The molecule has 0 radical (unpaired) electrons. The standard InChI is InChI=1S/C30H32ClFN2O4S/c1-16-12-22-21-9-6-18-13-20(35)10-11-27(18,2)29(21,32)24(36)14-28(22,3)30(16,38)23-15-39-26(33-23)34-25(37)17-4-7-19(31)8-5-17/h4-5,7-8,10-11,13,15-16,21-22,24,36,38H,6,9,12,14H2,1-3H3,(H,33,34,37)/t16-,21+,22+,24+,27+,28+,29+,30+/m1/s1. The zero-order chi connectivity index (χ0) is 28.0. The first-order valence-corrected chi connectivity index (χ1v) is 14.7. The van der Waals surface area contributed by atoms with Gasteiger partial charge in [0.2, 0.25) is 0 Å². The molecule has 4 aliphatic carbocycles. The summed E-state index contributed by atoms with van der Waals surface area (Å²) in [5.41, 5.74) is -3.70. The molecule has 2 aromatic rings. The fourth-order valence-electron chi connectivity index (χ4n) is 8.37. The number of hydrogen-bond acceptors (Lipinski definition) is 6. The van der Waals surface area contributed by atoms with Crippen LogP contribution in [0.3, 0.4) is 0 Å². The van der Waals surface area contributed by atoms with Crippen LogP contribution in [-0.2, 0) is 10.4 Å². The summed E-state index contributed by atoms with van der Waals surface area (Å²) in [6, 6.07) is 6.52. The molecular formula is C30H32ClFN2O4S. The molecule has 39 heavy (non-hydrogen) atoms. The molecule has 9 heteroatoms. The Morgan fingerprint density at radius 2 is 1.95 bits per heavy atom. The highest BCUT2D eigenvalue weighted by Crippen LogP contribution is 2.72. The van der Waals surface area contributed by atoms with E-state index in [9.17, 15) is 19.8 Å². The van der Waals surface area contributed by atoms with Crippen molar-refractivity contribution in [2.24, 2.45) is 28.6 Å². The molecule has 0 aliphatic heterocycles. The molecule has 1 aromatic carbocycles. The number of anilines is 1. The highest BCUT2D eigenvalue weighted by atomic mass is 35.5. The number of thiazole rings is 1. The molecular weight excluding hydrogens is 539 g/mol. The number of carbonyl (C=O) groups excluding carboxylic acids is 2. The first-order chi connectivity index (χ1) is 18.3. The number of aliphatic hydroxyl groups excluding tert-OH is 1. The van der Waals surface area contributed by atoms with Gasteiger partial charge in [-0.3, -0.25) is 14.9 Å². The average Bonchev–Trinajstić information content (AvgIpc) is 3.43. The Kier molecular flexibility index (Phi) is 6.05. The molecule has 0 saturated heterocycles. The van der Waals surface area contributed by atoms with E-state index in [0.29, 0.717) is 40.7 Å². The van der Waals surface area contributed by atoms with E-state index in [1.54, 1.807) is 42.6 Å². The number of fused-ring (bicyclic) bond motifs is 5. The van der Waals surface area contributed by atoms with Crippen LogP contribution < -0.4 is 5.32 Å². The SMILES string of the molecule is C[C@@H]1C[C@H]2[C@@H]3CCC4=CC(=O)C=C[C@]4(C)[C@@]3(F)[C@@H](O)C[C@]2(C)[C@@]1(O)c1csc(NC(=O)c2ccc(Cl)cc2)n1. The van der Waals surface area contributed by atoms with Gasteiger partial charge in [-0.1, -0.05) is 37.1 Å². The monoisotopic (exact) mass is 570 g/mol. The van der Waals surface area contributed by atoms with Gasteiger partial charge in [0, 0.05) is 32.7 Å². The van der Waals surface area contributed by atoms with E-state index in [1.165, 1.54) is 23.5 Å². The molecule has 3 N–H and O–H groups in total. The number of nitrogens with zero attached hydrogens (tertiary/aromatic N) is 1. The summed E-state index contributed by atoms with van der Waals surface area (Å²) in [5, 5.41) is 29.4. The number of rotatable bonds is 3. The van der Waals surface area contributed by atoms with Crippen LogP contribution in [0.25, 0.3) is 0 Å². The van der Waals surface area contributed by atoms with Gasteiger partial charge in [0.25, 0.3) is 5.91 Å². The summed E-state index contributed by atoms with van der Waals surface area (Å²) >= 11 is 7.15. The summed E-state index contributed by atoms with van der Waals surface area (Å²) in [7, 11) is 0. The maximum absolute atomic E-state index is 17.4. The van der Waals surface area contributed by atoms with Crippen molar-refractivity contribution in [1.29, 1.82) is 0 Å². The Hall–Kier alpha value is -2.39. The Bertz CT molecular complexity index is 1420. The molecule has 1 amide bonds. The molecule has 3 saturated carbocycles. The van der Waals surface area contributed by atoms with Crippen molar-refractivity contribution in [3.05, 3.63) is 69.7 Å². The third kappa shape index (κ3) is 3.54. The number of carbonyl (C=O) groups is 2. The van der Waals surface area contributed by atoms with Crippen LogP contribution >= 0.6 is 22.9 Å². The van der Waals surface area contributed by atoms with Gasteiger partial charge in [-0.05, 0) is 80.9 Å². The van der Waals surface area contributed by atoms with E-state index in [4.69, 9.17) is 11.6 Å². The maximum Gasteiger partial charge on any atom is 0.257 e. The molecule has 0 spiro atoms. The number of ketones is 1. The Morgan fingerprint density at radius 1 is 1.23 bits per heavy atom. The van der Waals surface area contributed by atoms with Crippen molar-refractivity contribution >= 4 is 39.8 Å². The van der Waals surface area contributed by atoms with Gasteiger partial charge in [0.05, 0.1) is 11.8 Å². The minimum absolute atomic E-state index is 0.0557. The number of aliphatic hydroxyl groups is 2. The molecule has 6 nitrogen and oxygen atoms in total. The van der Waals surface area contributed by atoms with Crippen molar-refractivity contribution in [2.45, 2.75) is 63.8 Å². The Labute approximate surface area is 236 Å². The number of hydrogen-bond donors (Lipinski definition) is 3. The number of allylic oxidation sites excluding steroid dienone is 4. The number of aromatic nitrogens is 1. The van der Waals surface area contributed by atoms with Gasteiger partial charge in [0.1, 0.15) is 5.60 Å². The Balaban J connectivity index is 1.33. The van der Waals surface area contributed by atoms with Crippen LogP contribution in [0.2, 0.25) is 5.02 Å². The normalized spacial score (nSPS) is 40.9. The van der Waals surface area contributed by atoms with Gasteiger partial charge >= 0.3 is 0 Å². The van der Waals surface area contributed by atoms with Crippen LogP contribution in [-0.4, -0.2) is 38.7 Å². The molecule has 8 atom stereocenters. The summed E-state index contributed by atoms with van der Waals surface area (Å²) in [4.78, 5) is 29.5. The minimum Gasteiger partial charge on any atom is -0.390 e. The second-order valence-corrected chi connectivity index (χ2v) is 13.5. The number of alkyl halides is 1. The van der Waals surface area contributed by atoms with Crippen LogP contribution in [0.15, 0.2) is 53.4 Å². The van der Waals surface area contributed by atoms with Crippen LogP contribution in [0.5, 0.6) is 0 Å². The zero-order valence-electron chi connectivity index (χ0n) is 22.1. The lowest BCUT2D eigenvalue weighted by Crippen LogP contribution is -2.68. The Morgan fingerprint density at radius 3 is 2.67 bits per heavy atom. The summed E-state index contributed by atoms with van der Waals surface area (Å²) in [5.74, 6) is -1.44. The average molecular weight is 571 g/mol. The largest absolute Gasteiger partial charge is 0.390 e. The molecule has 0 bridgehead atoms. The second kappa shape index (κ2) is 8.80. The number of amides is 1. The highest BCUT2D eigenvalue weighted by Gasteiger charge is 2.74. The molecule has 1 heterocycles. The first kappa shape index (κ1) is 26.8. The number of nitrogens with one attached hydrogen (secondary N) is 1. The van der Waals surface area contributed by atoms with E-state index < -0.39 is 34.1 Å². The van der Waals surface area contributed by atoms with Crippen LogP contribution in [0, 0.1) is 28.6 Å². The summed E-state index contributed by atoms with van der Waals surface area (Å²) < 4.78 is 17.4. The van der Waals surface area contributed by atoms with E-state index >= 15 is 4.39 Å². The lowest BCUT2D eigenvalue weighted by atomic mass is 9.44. The van der Waals surface area contributed by atoms with E-state index in [1.807, 2.05) is 13.8 Å². The molecule has 206 valence electrons. The topological polar surface area (TPSA) is 99.5 Å². The van der Waals surface area contributed by atoms with Crippen molar-refractivity contribution in [1.82, 2.24) is 4.98 Å². The van der Waals surface area contributed by atoms with Crippen molar-refractivity contribution in [3.63, 3.8) is 0 Å². The fourth-order valence-corrected chi connectivity index (χ4v) is 9.25.